The third-order valence-corrected chi connectivity index (χ3v) is 2.86. The average molecular weight is 216 g/mol. The van der Waals surface area contributed by atoms with E-state index >= 15 is 0 Å². The van der Waals surface area contributed by atoms with Gasteiger partial charge in [-0.25, -0.2) is 0 Å². The van der Waals surface area contributed by atoms with Gasteiger partial charge in [-0.2, -0.15) is 0 Å². The normalized spacial score (nSPS) is 22.8. The second-order valence-corrected chi connectivity index (χ2v) is 4.10. The minimum absolute atomic E-state index is 0. The zero-order chi connectivity index (χ0) is 8.65. The summed E-state index contributed by atoms with van der Waals surface area (Å²) in [5, 5.41) is 0. The summed E-state index contributed by atoms with van der Waals surface area (Å²) in [6, 6.07) is 0.253. The molecule has 0 radical (unpaired) electrons. The van der Waals surface area contributed by atoms with Crippen molar-refractivity contribution in [3.8, 4) is 0 Å². The van der Waals surface area contributed by atoms with Crippen molar-refractivity contribution in [2.24, 2.45) is 0 Å². The van der Waals surface area contributed by atoms with Gasteiger partial charge in [-0.3, -0.25) is 0 Å². The first-order chi connectivity index (χ1) is 5.89. The van der Waals surface area contributed by atoms with Crippen molar-refractivity contribution in [2.75, 3.05) is 0 Å². The minimum Gasteiger partial charge on any atom is -0.675 e. The van der Waals surface area contributed by atoms with Crippen LogP contribution in [0.1, 0.15) is 64.2 Å². The second-order valence-electron chi connectivity index (χ2n) is 4.10. The van der Waals surface area contributed by atoms with Crippen LogP contribution in [0.5, 0.6) is 0 Å². The van der Waals surface area contributed by atoms with Gasteiger partial charge < -0.3 is 5.73 Å². The molecule has 0 unspecified atom stereocenters. The third-order valence-electron chi connectivity index (χ3n) is 2.86. The molecule has 0 amide bonds. The van der Waals surface area contributed by atoms with Crippen LogP contribution in [-0.2, 0) is 21.7 Å². The van der Waals surface area contributed by atoms with Crippen molar-refractivity contribution in [3.05, 3.63) is 5.73 Å². The number of hydrogen-bond donors (Lipinski definition) is 0. The van der Waals surface area contributed by atoms with Crippen LogP contribution in [0, 0.1) is 0 Å². The van der Waals surface area contributed by atoms with Gasteiger partial charge in [-0.15, -0.1) is 6.04 Å². The van der Waals surface area contributed by atoms with Gasteiger partial charge in [0.1, 0.15) is 0 Å². The Morgan fingerprint density at radius 2 is 0.923 bits per heavy atom. The fourth-order valence-corrected chi connectivity index (χ4v) is 1.99. The maximum atomic E-state index is 7.75. The molecule has 0 saturated heterocycles. The van der Waals surface area contributed by atoms with E-state index in [1.54, 1.807) is 0 Å². The Morgan fingerprint density at radius 1 is 0.615 bits per heavy atom. The predicted molar refractivity (Wildman–Crippen MR) is 54.3 cm³/mol. The van der Waals surface area contributed by atoms with Crippen molar-refractivity contribution in [3.63, 3.8) is 0 Å². The van der Waals surface area contributed by atoms with Crippen LogP contribution in [-0.4, -0.2) is 6.04 Å². The first-order valence-corrected chi connectivity index (χ1v) is 5.61. The fraction of sp³-hybridized carbons (Fsp3) is 1.00. The molecule has 1 nitrogen and oxygen atoms in total. The Hall–Kier alpha value is 0.674. The van der Waals surface area contributed by atoms with Crippen LogP contribution in [0.15, 0.2) is 0 Å². The Kier molecular flexibility index (Phi) is 9.72. The van der Waals surface area contributed by atoms with Crippen molar-refractivity contribution in [2.45, 2.75) is 70.3 Å². The molecule has 1 aliphatic carbocycles. The van der Waals surface area contributed by atoms with Crippen molar-refractivity contribution < 1.29 is 21.7 Å². The first-order valence-electron chi connectivity index (χ1n) is 5.61. The van der Waals surface area contributed by atoms with Crippen LogP contribution >= 0.6 is 0 Å². The molecule has 1 fully saturated rings. The predicted octanol–water partition coefficient (Wildman–Crippen LogP) is 4.32. The number of nitrogens with one attached hydrogen (secondary N) is 1. The Balaban J connectivity index is 0.00000144. The van der Waals surface area contributed by atoms with Gasteiger partial charge in [0.2, 0.25) is 0 Å². The van der Waals surface area contributed by atoms with E-state index in [4.69, 9.17) is 5.73 Å². The SMILES string of the molecule is [NH-]C1CCCCCCCCCC1.[Ti]. The van der Waals surface area contributed by atoms with Crippen molar-refractivity contribution in [1.29, 1.82) is 0 Å². The largest absolute Gasteiger partial charge is 0.675 e. The Bertz CT molecular complexity index is 94.3. The molecule has 0 aromatic rings. The molecular formula is C11H22NTi-. The average Bonchev–Trinajstić information content (AvgIpc) is 2.11. The first kappa shape index (κ1) is 13.7. The summed E-state index contributed by atoms with van der Waals surface area (Å²) in [6.45, 7) is 0. The standard InChI is InChI=1S/C11H22N.Ti/c12-11-9-7-5-3-1-2-4-6-8-10-11;/h11-12H,1-10H2;/q-1;. The summed E-state index contributed by atoms with van der Waals surface area (Å²) in [4.78, 5) is 0. The molecule has 0 aliphatic heterocycles. The van der Waals surface area contributed by atoms with Crippen LogP contribution in [0.4, 0.5) is 0 Å². The summed E-state index contributed by atoms with van der Waals surface area (Å²) in [5.74, 6) is 0. The number of rotatable bonds is 0. The molecule has 2 heteroatoms. The molecule has 1 saturated carbocycles. The van der Waals surface area contributed by atoms with Crippen LogP contribution in [0.25, 0.3) is 5.73 Å². The van der Waals surface area contributed by atoms with Gasteiger partial charge >= 0.3 is 0 Å². The van der Waals surface area contributed by atoms with Crippen LogP contribution < -0.4 is 0 Å². The van der Waals surface area contributed by atoms with Crippen molar-refractivity contribution >= 4 is 0 Å². The summed E-state index contributed by atoms with van der Waals surface area (Å²) in [7, 11) is 0. The van der Waals surface area contributed by atoms with Gasteiger partial charge in [-0.1, -0.05) is 64.2 Å². The van der Waals surface area contributed by atoms with E-state index in [-0.39, 0.29) is 27.8 Å². The molecule has 1 aliphatic rings. The molecule has 76 valence electrons. The zero-order valence-electron chi connectivity index (χ0n) is 8.65. The molecule has 0 bridgehead atoms. The molecule has 1 rings (SSSR count). The van der Waals surface area contributed by atoms with Gasteiger partial charge in [0, 0.05) is 21.7 Å². The summed E-state index contributed by atoms with van der Waals surface area (Å²) in [5.41, 5.74) is 7.75. The molecule has 0 aromatic carbocycles. The fourth-order valence-electron chi connectivity index (χ4n) is 1.99. The maximum Gasteiger partial charge on any atom is 0 e. The molecule has 0 spiro atoms. The van der Waals surface area contributed by atoms with E-state index in [0.29, 0.717) is 0 Å². The van der Waals surface area contributed by atoms with E-state index in [0.717, 1.165) is 12.8 Å². The summed E-state index contributed by atoms with van der Waals surface area (Å²) in [6.07, 6.45) is 13.3. The number of hydrogen-bond acceptors (Lipinski definition) is 0. The van der Waals surface area contributed by atoms with E-state index in [2.05, 4.69) is 0 Å². The molecule has 0 atom stereocenters. The molecule has 0 aromatic heterocycles. The maximum absolute atomic E-state index is 7.75. The van der Waals surface area contributed by atoms with Gasteiger partial charge in [0.05, 0.1) is 0 Å². The molecule has 0 heterocycles. The third kappa shape index (κ3) is 7.72. The van der Waals surface area contributed by atoms with Gasteiger partial charge in [0.15, 0.2) is 0 Å². The van der Waals surface area contributed by atoms with Gasteiger partial charge in [0.25, 0.3) is 0 Å². The van der Waals surface area contributed by atoms with E-state index in [1.807, 2.05) is 0 Å². The second kappa shape index (κ2) is 9.24. The Morgan fingerprint density at radius 3 is 1.31 bits per heavy atom. The summed E-state index contributed by atoms with van der Waals surface area (Å²) >= 11 is 0. The summed E-state index contributed by atoms with van der Waals surface area (Å²) < 4.78 is 0. The van der Waals surface area contributed by atoms with E-state index in [1.165, 1.54) is 51.4 Å². The van der Waals surface area contributed by atoms with Gasteiger partial charge in [-0.05, 0) is 0 Å². The quantitative estimate of drug-likeness (QED) is 0.538. The van der Waals surface area contributed by atoms with Crippen LogP contribution in [0.2, 0.25) is 0 Å². The zero-order valence-corrected chi connectivity index (χ0v) is 10.2. The molecular weight excluding hydrogens is 194 g/mol. The van der Waals surface area contributed by atoms with E-state index in [9.17, 15) is 0 Å². The monoisotopic (exact) mass is 216 g/mol. The molecule has 13 heavy (non-hydrogen) atoms. The van der Waals surface area contributed by atoms with E-state index < -0.39 is 0 Å². The van der Waals surface area contributed by atoms with Crippen molar-refractivity contribution in [1.82, 2.24) is 0 Å². The Labute approximate surface area is 97.7 Å². The van der Waals surface area contributed by atoms with Crippen LogP contribution in [0.3, 0.4) is 0 Å². The smallest absolute Gasteiger partial charge is 0 e. The topological polar surface area (TPSA) is 23.8 Å². The molecule has 1 N–H and O–H groups in total. The minimum atomic E-state index is 0.